The summed E-state index contributed by atoms with van der Waals surface area (Å²) in [6, 6.07) is 19.3. The minimum Gasteiger partial charge on any atom is -0.487 e. The molecular weight excluding hydrogens is 702 g/mol. The molecule has 0 saturated carbocycles. The van der Waals surface area contributed by atoms with Crippen molar-refractivity contribution < 1.29 is 19.1 Å². The summed E-state index contributed by atoms with van der Waals surface area (Å²) in [5.74, 6) is -0.125. The maximum atomic E-state index is 12.9. The first-order valence-corrected chi connectivity index (χ1v) is 14.0. The van der Waals surface area contributed by atoms with Crippen molar-refractivity contribution in [3.8, 4) is 5.75 Å². The molecule has 1 fully saturated rings. The number of ether oxygens (including phenoxy) is 1. The molecule has 0 radical (unpaired) electrons. The van der Waals surface area contributed by atoms with Gasteiger partial charge in [0, 0.05) is 5.69 Å². The van der Waals surface area contributed by atoms with Crippen molar-refractivity contribution in [3.63, 3.8) is 0 Å². The lowest BCUT2D eigenvalue weighted by Gasteiger charge is -2.14. The molecule has 0 bridgehead atoms. The second-order valence-electron chi connectivity index (χ2n) is 8.15. The van der Waals surface area contributed by atoms with Crippen molar-refractivity contribution in [1.29, 1.82) is 0 Å². The predicted octanol–water partition coefficient (Wildman–Crippen LogP) is 6.77. The van der Waals surface area contributed by atoms with Crippen LogP contribution in [-0.2, 0) is 16.2 Å². The highest BCUT2D eigenvalue weighted by atomic mass is 127. The Kier molecular flexibility index (Phi) is 8.73. The SMILES string of the molecule is Cc1cccc(NC(=O)CN2C(=O)S/C(=C/c3cc(I)c(OCc4ccccc4)c(I)c3)C2=O)c1C. The maximum absolute atomic E-state index is 12.9. The Morgan fingerprint density at radius 3 is 2.42 bits per heavy atom. The summed E-state index contributed by atoms with van der Waals surface area (Å²) >= 11 is 5.25. The molecule has 4 rings (SSSR count). The van der Waals surface area contributed by atoms with E-state index >= 15 is 0 Å². The molecule has 0 aromatic heterocycles. The van der Waals surface area contributed by atoms with Gasteiger partial charge in [-0.2, -0.15) is 0 Å². The number of nitrogens with zero attached hydrogens (tertiary/aromatic N) is 1. The van der Waals surface area contributed by atoms with Gasteiger partial charge in [0.25, 0.3) is 11.1 Å². The van der Waals surface area contributed by atoms with Gasteiger partial charge >= 0.3 is 0 Å². The lowest BCUT2D eigenvalue weighted by atomic mass is 10.1. The molecular formula is C27H22I2N2O4S. The van der Waals surface area contributed by atoms with Gasteiger partial charge in [0.15, 0.2) is 0 Å². The number of carbonyl (C=O) groups is 3. The maximum Gasteiger partial charge on any atom is 0.294 e. The van der Waals surface area contributed by atoms with Crippen molar-refractivity contribution in [1.82, 2.24) is 4.90 Å². The number of halogens is 2. The Morgan fingerprint density at radius 1 is 1.03 bits per heavy atom. The van der Waals surface area contributed by atoms with Crippen molar-refractivity contribution in [2.75, 3.05) is 11.9 Å². The van der Waals surface area contributed by atoms with Gasteiger partial charge in [-0.3, -0.25) is 19.3 Å². The van der Waals surface area contributed by atoms with E-state index in [1.165, 1.54) is 0 Å². The minimum absolute atomic E-state index is 0.282. The largest absolute Gasteiger partial charge is 0.487 e. The first-order valence-electron chi connectivity index (χ1n) is 11.0. The van der Waals surface area contributed by atoms with E-state index in [-0.39, 0.29) is 11.4 Å². The predicted molar refractivity (Wildman–Crippen MR) is 160 cm³/mol. The summed E-state index contributed by atoms with van der Waals surface area (Å²) in [4.78, 5) is 39.3. The number of thioether (sulfide) groups is 1. The molecule has 9 heteroatoms. The first kappa shape index (κ1) is 26.7. The second-order valence-corrected chi connectivity index (χ2v) is 11.5. The molecule has 6 nitrogen and oxygen atoms in total. The van der Waals surface area contributed by atoms with Gasteiger partial charge in [-0.25, -0.2) is 0 Å². The van der Waals surface area contributed by atoms with Crippen LogP contribution < -0.4 is 10.1 Å². The fraction of sp³-hybridized carbons (Fsp3) is 0.148. The van der Waals surface area contributed by atoms with Crippen LogP contribution >= 0.6 is 56.9 Å². The number of amides is 3. The molecule has 3 amide bonds. The molecule has 0 aliphatic carbocycles. The van der Waals surface area contributed by atoms with Crippen molar-refractivity contribution >= 4 is 85.8 Å². The van der Waals surface area contributed by atoms with Gasteiger partial charge in [-0.15, -0.1) is 0 Å². The van der Waals surface area contributed by atoms with Crippen LogP contribution in [0.1, 0.15) is 22.3 Å². The molecule has 1 aliphatic rings. The third-order valence-electron chi connectivity index (χ3n) is 5.60. The molecule has 184 valence electrons. The van der Waals surface area contributed by atoms with Gasteiger partial charge in [-0.1, -0.05) is 42.5 Å². The molecule has 3 aromatic carbocycles. The Balaban J connectivity index is 1.45. The molecule has 1 N–H and O–H groups in total. The highest BCUT2D eigenvalue weighted by Gasteiger charge is 2.36. The monoisotopic (exact) mass is 724 g/mol. The van der Waals surface area contributed by atoms with Gasteiger partial charge < -0.3 is 10.1 Å². The van der Waals surface area contributed by atoms with E-state index in [4.69, 9.17) is 4.74 Å². The van der Waals surface area contributed by atoms with Crippen LogP contribution in [0.25, 0.3) is 6.08 Å². The van der Waals surface area contributed by atoms with E-state index in [9.17, 15) is 14.4 Å². The summed E-state index contributed by atoms with van der Waals surface area (Å²) in [6.45, 7) is 3.98. The average Bonchev–Trinajstić information content (AvgIpc) is 3.09. The number of nitrogens with one attached hydrogen (secondary N) is 1. The second kappa shape index (κ2) is 11.8. The van der Waals surface area contributed by atoms with Gasteiger partial charge in [0.05, 0.1) is 12.0 Å². The Labute approximate surface area is 241 Å². The molecule has 0 atom stereocenters. The van der Waals surface area contributed by atoms with E-state index in [1.807, 2.05) is 68.4 Å². The number of benzene rings is 3. The van der Waals surface area contributed by atoms with Crippen LogP contribution in [-0.4, -0.2) is 28.5 Å². The number of hydrogen-bond donors (Lipinski definition) is 1. The van der Waals surface area contributed by atoms with Crippen molar-refractivity contribution in [2.24, 2.45) is 0 Å². The summed E-state index contributed by atoms with van der Waals surface area (Å²) < 4.78 is 7.82. The Morgan fingerprint density at radius 2 is 1.72 bits per heavy atom. The molecule has 1 saturated heterocycles. The lowest BCUT2D eigenvalue weighted by Crippen LogP contribution is -2.36. The fourth-order valence-electron chi connectivity index (χ4n) is 3.54. The number of carbonyl (C=O) groups excluding carboxylic acids is 3. The molecule has 1 aliphatic heterocycles. The minimum atomic E-state index is -0.476. The van der Waals surface area contributed by atoms with E-state index in [0.717, 1.165) is 51.8 Å². The molecule has 36 heavy (non-hydrogen) atoms. The Bertz CT molecular complexity index is 1350. The van der Waals surface area contributed by atoms with Crippen LogP contribution in [0.4, 0.5) is 10.5 Å². The normalized spacial score (nSPS) is 14.4. The summed E-state index contributed by atoms with van der Waals surface area (Å²) in [6.07, 6.45) is 1.68. The number of hydrogen-bond acceptors (Lipinski definition) is 5. The summed E-state index contributed by atoms with van der Waals surface area (Å²) in [5.41, 5.74) is 4.51. The molecule has 0 spiro atoms. The number of rotatable bonds is 7. The van der Waals surface area contributed by atoms with E-state index in [1.54, 1.807) is 12.1 Å². The summed E-state index contributed by atoms with van der Waals surface area (Å²) in [5, 5.41) is 2.34. The fourth-order valence-corrected chi connectivity index (χ4v) is 6.50. The van der Waals surface area contributed by atoms with E-state index < -0.39 is 17.1 Å². The third kappa shape index (κ3) is 6.30. The first-order chi connectivity index (χ1) is 17.2. The van der Waals surface area contributed by atoms with Crippen LogP contribution in [0.3, 0.4) is 0 Å². The van der Waals surface area contributed by atoms with Gasteiger partial charge in [0.1, 0.15) is 18.9 Å². The van der Waals surface area contributed by atoms with Crippen molar-refractivity contribution in [2.45, 2.75) is 20.5 Å². The van der Waals surface area contributed by atoms with Gasteiger partial charge in [0.2, 0.25) is 5.91 Å². The summed E-state index contributed by atoms with van der Waals surface area (Å²) in [7, 11) is 0. The number of aryl methyl sites for hydroxylation is 1. The lowest BCUT2D eigenvalue weighted by molar-refractivity contribution is -0.127. The zero-order chi connectivity index (χ0) is 25.8. The highest BCUT2D eigenvalue weighted by molar-refractivity contribution is 14.1. The molecule has 1 heterocycles. The van der Waals surface area contributed by atoms with Crippen LogP contribution in [0.15, 0.2) is 65.6 Å². The standard InChI is InChI=1S/C27H22I2N2O4S/c1-16-7-6-10-22(17(16)2)30-24(32)14-31-26(33)23(36-27(31)34)13-19-11-20(28)25(21(29)12-19)35-15-18-8-4-3-5-9-18/h3-13H,14-15H2,1-2H3,(H,30,32)/b23-13+. The third-order valence-corrected chi connectivity index (χ3v) is 8.11. The van der Waals surface area contributed by atoms with E-state index in [2.05, 4.69) is 50.5 Å². The topological polar surface area (TPSA) is 75.7 Å². The average molecular weight is 724 g/mol. The van der Waals surface area contributed by atoms with Gasteiger partial charge in [-0.05, 0) is 117 Å². The molecule has 3 aromatic rings. The number of imide groups is 1. The van der Waals surface area contributed by atoms with Crippen molar-refractivity contribution in [3.05, 3.63) is 95.0 Å². The zero-order valence-electron chi connectivity index (χ0n) is 19.5. The highest BCUT2D eigenvalue weighted by Crippen LogP contribution is 2.35. The van der Waals surface area contributed by atoms with Crippen LogP contribution in [0.5, 0.6) is 5.75 Å². The molecule has 0 unspecified atom stereocenters. The smallest absolute Gasteiger partial charge is 0.294 e. The zero-order valence-corrected chi connectivity index (χ0v) is 24.6. The Hall–Kier alpha value is -2.38. The van der Waals surface area contributed by atoms with E-state index in [0.29, 0.717) is 12.3 Å². The van der Waals surface area contributed by atoms with Crippen LogP contribution in [0, 0.1) is 21.0 Å². The number of anilines is 1. The quantitative estimate of drug-likeness (QED) is 0.215. The van der Waals surface area contributed by atoms with Crippen LogP contribution in [0.2, 0.25) is 0 Å².